The third-order valence-electron chi connectivity index (χ3n) is 3.79. The molecule has 1 aromatic heterocycles. The predicted octanol–water partition coefficient (Wildman–Crippen LogP) is 1.72. The number of carbonyl (C=O) groups is 1. The molecule has 0 aliphatic carbocycles. The number of likely N-dealkylation sites (tertiary alicyclic amines) is 1. The van der Waals surface area contributed by atoms with E-state index in [1.165, 1.54) is 17.2 Å². The summed E-state index contributed by atoms with van der Waals surface area (Å²) in [6, 6.07) is 1.40. The fourth-order valence-electron chi connectivity index (χ4n) is 2.76. The molecular formula is C12H13FN2O3. The Labute approximate surface area is 103 Å². The lowest BCUT2D eigenvalue weighted by molar-refractivity contribution is -0.0751. The van der Waals surface area contributed by atoms with Crippen molar-refractivity contribution in [1.82, 2.24) is 9.88 Å². The number of pyridine rings is 1. The molecule has 2 aliphatic heterocycles. The van der Waals surface area contributed by atoms with Crippen LogP contribution in [0.25, 0.3) is 0 Å². The minimum atomic E-state index is -0.902. The molecule has 18 heavy (non-hydrogen) atoms. The summed E-state index contributed by atoms with van der Waals surface area (Å²) in [4.78, 5) is 15.9. The van der Waals surface area contributed by atoms with Crippen molar-refractivity contribution >= 4 is 6.09 Å². The number of amides is 1. The second-order valence-corrected chi connectivity index (χ2v) is 4.72. The van der Waals surface area contributed by atoms with Gasteiger partial charge in [-0.3, -0.25) is 0 Å². The first-order chi connectivity index (χ1) is 8.61. The molecule has 2 aliphatic rings. The third-order valence-corrected chi connectivity index (χ3v) is 3.79. The van der Waals surface area contributed by atoms with Gasteiger partial charge in [0.25, 0.3) is 0 Å². The van der Waals surface area contributed by atoms with Crippen molar-refractivity contribution in [2.24, 2.45) is 0 Å². The molecule has 3 heterocycles. The van der Waals surface area contributed by atoms with E-state index >= 15 is 0 Å². The number of piperidine rings is 1. The number of fused-ring (bicyclic) bond motifs is 2. The summed E-state index contributed by atoms with van der Waals surface area (Å²) in [5.41, 5.74) is 1.27. The average molecular weight is 252 g/mol. The Balaban J connectivity index is 1.86. The molecule has 1 saturated heterocycles. The Bertz CT molecular complexity index is 498. The Morgan fingerprint density at radius 1 is 1.50 bits per heavy atom. The van der Waals surface area contributed by atoms with Crippen molar-refractivity contribution in [3.8, 4) is 0 Å². The van der Waals surface area contributed by atoms with Gasteiger partial charge in [0.2, 0.25) is 5.95 Å². The third kappa shape index (κ3) is 1.64. The van der Waals surface area contributed by atoms with Crippen molar-refractivity contribution in [3.05, 3.63) is 29.3 Å². The Morgan fingerprint density at radius 3 is 2.89 bits per heavy atom. The molecule has 96 valence electrons. The van der Waals surface area contributed by atoms with Crippen LogP contribution in [-0.2, 0) is 16.9 Å². The smallest absolute Gasteiger partial charge is 0.407 e. The molecular weight excluding hydrogens is 239 g/mol. The molecule has 0 radical (unpaired) electrons. The first-order valence-corrected chi connectivity index (χ1v) is 5.87. The summed E-state index contributed by atoms with van der Waals surface area (Å²) in [6.07, 6.45) is 1.81. The molecule has 1 fully saturated rings. The van der Waals surface area contributed by atoms with Crippen LogP contribution in [0.4, 0.5) is 9.18 Å². The van der Waals surface area contributed by atoms with Gasteiger partial charge in [-0.15, -0.1) is 0 Å². The molecule has 0 saturated carbocycles. The fraction of sp³-hybridized carbons (Fsp3) is 0.500. The van der Waals surface area contributed by atoms with Gasteiger partial charge in [-0.25, -0.2) is 9.78 Å². The number of carboxylic acid groups (broad SMARTS) is 1. The van der Waals surface area contributed by atoms with Gasteiger partial charge >= 0.3 is 6.09 Å². The van der Waals surface area contributed by atoms with Crippen molar-refractivity contribution < 1.29 is 19.0 Å². The largest absolute Gasteiger partial charge is 0.465 e. The number of ether oxygens (including phenoxy) is 1. The lowest BCUT2D eigenvalue weighted by Crippen LogP contribution is -2.44. The van der Waals surface area contributed by atoms with Gasteiger partial charge in [0, 0.05) is 24.8 Å². The molecule has 0 unspecified atom stereocenters. The van der Waals surface area contributed by atoms with Gasteiger partial charge in [-0.1, -0.05) is 0 Å². The number of aromatic nitrogens is 1. The number of halogens is 1. The van der Waals surface area contributed by atoms with Crippen LogP contribution in [0.3, 0.4) is 0 Å². The van der Waals surface area contributed by atoms with Crippen molar-refractivity contribution in [3.63, 3.8) is 0 Å². The number of rotatable bonds is 0. The summed E-state index contributed by atoms with van der Waals surface area (Å²) in [5, 5.41) is 8.92. The summed E-state index contributed by atoms with van der Waals surface area (Å²) < 4.78 is 18.8. The van der Waals surface area contributed by atoms with Gasteiger partial charge in [-0.05, 0) is 24.5 Å². The normalized spacial score (nSPS) is 21.1. The second kappa shape index (κ2) is 3.91. The Morgan fingerprint density at radius 2 is 2.22 bits per heavy atom. The van der Waals surface area contributed by atoms with Crippen LogP contribution in [0.2, 0.25) is 0 Å². The monoisotopic (exact) mass is 252 g/mol. The average Bonchev–Trinajstić information content (AvgIpc) is 2.68. The first kappa shape index (κ1) is 11.4. The van der Waals surface area contributed by atoms with Gasteiger partial charge in [-0.2, -0.15) is 4.39 Å². The van der Waals surface area contributed by atoms with Crippen LogP contribution in [0, 0.1) is 5.95 Å². The van der Waals surface area contributed by atoms with Crippen molar-refractivity contribution in [1.29, 1.82) is 0 Å². The maximum Gasteiger partial charge on any atom is 0.407 e. The van der Waals surface area contributed by atoms with E-state index in [2.05, 4.69) is 4.98 Å². The van der Waals surface area contributed by atoms with Crippen molar-refractivity contribution in [2.75, 3.05) is 13.1 Å². The maximum atomic E-state index is 13.0. The van der Waals surface area contributed by atoms with E-state index in [-0.39, 0.29) is 0 Å². The van der Waals surface area contributed by atoms with Gasteiger partial charge in [0.1, 0.15) is 0 Å². The molecule has 0 atom stereocenters. The number of nitrogens with zero attached hydrogens (tertiary/aromatic N) is 2. The molecule has 1 N–H and O–H groups in total. The molecule has 0 bridgehead atoms. The highest BCUT2D eigenvalue weighted by Crippen LogP contribution is 2.43. The lowest BCUT2D eigenvalue weighted by atomic mass is 9.85. The molecule has 6 heteroatoms. The minimum absolute atomic E-state index is 0.377. The quantitative estimate of drug-likeness (QED) is 0.714. The molecule has 0 aromatic carbocycles. The van der Waals surface area contributed by atoms with Crippen LogP contribution in [0.1, 0.15) is 24.0 Å². The topological polar surface area (TPSA) is 62.7 Å². The second-order valence-electron chi connectivity index (χ2n) is 4.72. The highest BCUT2D eigenvalue weighted by atomic mass is 19.1. The zero-order valence-electron chi connectivity index (χ0n) is 9.73. The van der Waals surface area contributed by atoms with Crippen molar-refractivity contribution in [2.45, 2.75) is 25.0 Å². The van der Waals surface area contributed by atoms with Crippen LogP contribution in [0.15, 0.2) is 12.3 Å². The zero-order valence-corrected chi connectivity index (χ0v) is 9.73. The van der Waals surface area contributed by atoms with E-state index in [0.717, 1.165) is 11.1 Å². The minimum Gasteiger partial charge on any atom is -0.465 e. The van der Waals surface area contributed by atoms with Gasteiger partial charge in [0.05, 0.1) is 12.2 Å². The van der Waals surface area contributed by atoms with E-state index in [0.29, 0.717) is 32.5 Å². The molecule has 5 nitrogen and oxygen atoms in total. The summed E-state index contributed by atoms with van der Waals surface area (Å²) >= 11 is 0. The highest BCUT2D eigenvalue weighted by Gasteiger charge is 2.43. The highest BCUT2D eigenvalue weighted by molar-refractivity contribution is 5.65. The Hall–Kier alpha value is -1.69. The Kier molecular flexibility index (Phi) is 2.48. The van der Waals surface area contributed by atoms with Crippen LogP contribution in [-0.4, -0.2) is 34.2 Å². The molecule has 3 rings (SSSR count). The standard InChI is InChI=1S/C12H13FN2O3/c13-10-5-8-7-18-12(9(8)6-14-10)1-3-15(4-2-12)11(16)17/h5-6H,1-4,7H2,(H,16,17). The molecule has 1 aromatic rings. The van der Waals surface area contributed by atoms with Gasteiger partial charge < -0.3 is 14.7 Å². The van der Waals surface area contributed by atoms with E-state index < -0.39 is 17.6 Å². The van der Waals surface area contributed by atoms with E-state index in [1.54, 1.807) is 0 Å². The maximum absolute atomic E-state index is 13.0. The summed E-state index contributed by atoms with van der Waals surface area (Å²) in [7, 11) is 0. The van der Waals surface area contributed by atoms with Gasteiger partial charge in [0.15, 0.2) is 0 Å². The molecule has 1 spiro atoms. The zero-order chi connectivity index (χ0) is 12.8. The first-order valence-electron chi connectivity index (χ1n) is 5.87. The fourth-order valence-corrected chi connectivity index (χ4v) is 2.76. The SMILES string of the molecule is O=C(O)N1CCC2(CC1)OCc1cc(F)ncc12. The lowest BCUT2D eigenvalue weighted by Gasteiger charge is -2.37. The predicted molar refractivity (Wildman–Crippen MR) is 59.5 cm³/mol. The van der Waals surface area contributed by atoms with E-state index in [1.807, 2.05) is 0 Å². The summed E-state index contributed by atoms with van der Waals surface area (Å²) in [5.74, 6) is -0.502. The van der Waals surface area contributed by atoms with E-state index in [9.17, 15) is 9.18 Å². The summed E-state index contributed by atoms with van der Waals surface area (Å²) in [6.45, 7) is 1.25. The van der Waals surface area contributed by atoms with E-state index in [4.69, 9.17) is 9.84 Å². The van der Waals surface area contributed by atoms with Crippen LogP contribution < -0.4 is 0 Å². The molecule has 1 amide bonds. The number of hydrogen-bond donors (Lipinski definition) is 1. The number of hydrogen-bond acceptors (Lipinski definition) is 3. The van der Waals surface area contributed by atoms with Crippen LogP contribution >= 0.6 is 0 Å². The van der Waals surface area contributed by atoms with Crippen LogP contribution in [0.5, 0.6) is 0 Å².